The van der Waals surface area contributed by atoms with Crippen LogP contribution in [0.1, 0.15) is 48.8 Å². The van der Waals surface area contributed by atoms with Gasteiger partial charge in [-0.05, 0) is 33.6 Å². The number of hydrogen-bond acceptors (Lipinski definition) is 6. The van der Waals surface area contributed by atoms with Crippen molar-refractivity contribution in [3.8, 4) is 11.3 Å². The van der Waals surface area contributed by atoms with E-state index in [4.69, 9.17) is 4.74 Å². The van der Waals surface area contributed by atoms with Crippen molar-refractivity contribution in [1.82, 2.24) is 9.88 Å². The van der Waals surface area contributed by atoms with Crippen LogP contribution >= 0.6 is 11.3 Å². The van der Waals surface area contributed by atoms with Crippen LogP contribution in [0.3, 0.4) is 0 Å². The molecule has 2 amide bonds. The second kappa shape index (κ2) is 9.77. The Kier molecular flexibility index (Phi) is 6.79. The van der Waals surface area contributed by atoms with Gasteiger partial charge in [0.25, 0.3) is 0 Å². The number of nitrogens with one attached hydrogen (secondary N) is 1. The number of carbonyl (C=O) groups excluding carboxylic acids is 3. The lowest BCUT2D eigenvalue weighted by atomic mass is 10.1. The van der Waals surface area contributed by atoms with E-state index in [1.54, 1.807) is 32.9 Å². The predicted octanol–water partition coefficient (Wildman–Crippen LogP) is 5.38. The van der Waals surface area contributed by atoms with E-state index in [0.717, 1.165) is 16.9 Å². The van der Waals surface area contributed by atoms with E-state index < -0.39 is 17.7 Å². The normalized spacial score (nSPS) is 15.7. The van der Waals surface area contributed by atoms with E-state index in [2.05, 4.69) is 10.3 Å². The van der Waals surface area contributed by atoms with E-state index in [1.807, 2.05) is 48.5 Å². The van der Waals surface area contributed by atoms with Crippen molar-refractivity contribution in [1.29, 1.82) is 0 Å². The average molecular weight is 478 g/mol. The van der Waals surface area contributed by atoms with Crippen LogP contribution in [0.15, 0.2) is 60.7 Å². The Balaban J connectivity index is 1.60. The molecule has 1 fully saturated rings. The van der Waals surface area contributed by atoms with Crippen LogP contribution in [0.2, 0.25) is 0 Å². The Morgan fingerprint density at radius 2 is 1.68 bits per heavy atom. The molecular formula is C26H27N3O4S. The van der Waals surface area contributed by atoms with Crippen LogP contribution in [0.25, 0.3) is 11.3 Å². The van der Waals surface area contributed by atoms with Crippen molar-refractivity contribution in [3.05, 3.63) is 71.1 Å². The van der Waals surface area contributed by atoms with Gasteiger partial charge in [0, 0.05) is 17.7 Å². The Labute approximate surface area is 202 Å². The number of nitrogens with zero attached hydrogens (tertiary/aromatic N) is 2. The van der Waals surface area contributed by atoms with Gasteiger partial charge in [-0.1, -0.05) is 72.0 Å². The second-order valence-electron chi connectivity index (χ2n) is 9.08. The fourth-order valence-electron chi connectivity index (χ4n) is 3.81. The molecule has 8 heteroatoms. The molecule has 0 spiro atoms. The lowest BCUT2D eigenvalue weighted by molar-refractivity contribution is -0.120. The summed E-state index contributed by atoms with van der Waals surface area (Å²) in [5.41, 5.74) is 1.21. The molecule has 1 aliphatic rings. The van der Waals surface area contributed by atoms with Crippen LogP contribution in [0, 0.1) is 0 Å². The maximum atomic E-state index is 13.3. The highest BCUT2D eigenvalue weighted by Gasteiger charge is 2.37. The van der Waals surface area contributed by atoms with Crippen molar-refractivity contribution < 1.29 is 19.1 Å². The maximum Gasteiger partial charge on any atom is 0.410 e. The third-order valence-electron chi connectivity index (χ3n) is 5.33. The van der Waals surface area contributed by atoms with Gasteiger partial charge < -0.3 is 10.1 Å². The van der Waals surface area contributed by atoms with E-state index in [0.29, 0.717) is 40.7 Å². The Bertz CT molecular complexity index is 1190. The highest BCUT2D eigenvalue weighted by molar-refractivity contribution is 7.18. The molecule has 7 nitrogen and oxygen atoms in total. The summed E-state index contributed by atoms with van der Waals surface area (Å²) < 4.78 is 5.46. The molecule has 0 radical (unpaired) electrons. The smallest absolute Gasteiger partial charge is 0.410 e. The molecule has 1 unspecified atom stereocenters. The van der Waals surface area contributed by atoms with E-state index in [1.165, 1.54) is 4.90 Å². The third kappa shape index (κ3) is 5.34. The fourth-order valence-corrected chi connectivity index (χ4v) is 4.76. The van der Waals surface area contributed by atoms with Crippen molar-refractivity contribution in [2.45, 2.75) is 45.3 Å². The van der Waals surface area contributed by atoms with Gasteiger partial charge in [-0.15, -0.1) is 0 Å². The lowest BCUT2D eigenvalue weighted by Crippen LogP contribution is -2.45. The number of hydrogen-bond donors (Lipinski definition) is 1. The van der Waals surface area contributed by atoms with Crippen molar-refractivity contribution in [3.63, 3.8) is 0 Å². The number of rotatable bonds is 5. The molecule has 1 aliphatic heterocycles. The number of anilines is 1. The number of ketones is 1. The first-order valence-corrected chi connectivity index (χ1v) is 12.0. The largest absolute Gasteiger partial charge is 0.444 e. The summed E-state index contributed by atoms with van der Waals surface area (Å²) in [6.07, 6.45) is 0.745. The van der Waals surface area contributed by atoms with Crippen LogP contribution < -0.4 is 5.32 Å². The predicted molar refractivity (Wildman–Crippen MR) is 132 cm³/mol. The molecule has 0 aliphatic carbocycles. The minimum Gasteiger partial charge on any atom is -0.444 e. The number of benzene rings is 2. The van der Waals surface area contributed by atoms with Gasteiger partial charge >= 0.3 is 6.09 Å². The summed E-state index contributed by atoms with van der Waals surface area (Å²) in [4.78, 5) is 45.5. The number of carbonyl (C=O) groups is 3. The Morgan fingerprint density at radius 1 is 1.03 bits per heavy atom. The first-order valence-electron chi connectivity index (χ1n) is 11.2. The second-order valence-corrected chi connectivity index (χ2v) is 10.1. The molecule has 2 aromatic carbocycles. The Morgan fingerprint density at radius 3 is 2.32 bits per heavy atom. The molecule has 1 atom stereocenters. The highest BCUT2D eigenvalue weighted by Crippen LogP contribution is 2.33. The number of ether oxygens (including phenoxy) is 1. The SMILES string of the molecule is CC(C)(C)OC(=O)N1CCCC1C(=O)Nc1nc(-c2ccccc2)c(C(=O)c2ccccc2)s1. The molecule has 0 saturated carbocycles. The molecular weight excluding hydrogens is 450 g/mol. The molecule has 176 valence electrons. The summed E-state index contributed by atoms with van der Waals surface area (Å²) in [6.45, 7) is 5.84. The van der Waals surface area contributed by atoms with Gasteiger partial charge in [0.2, 0.25) is 11.7 Å². The minimum atomic E-state index is -0.646. The number of thiazole rings is 1. The zero-order valence-electron chi connectivity index (χ0n) is 19.4. The molecule has 34 heavy (non-hydrogen) atoms. The van der Waals surface area contributed by atoms with Crippen molar-refractivity contribution in [2.75, 3.05) is 11.9 Å². The summed E-state index contributed by atoms with van der Waals surface area (Å²) in [6, 6.07) is 17.7. The number of amides is 2. The lowest BCUT2D eigenvalue weighted by Gasteiger charge is -2.27. The molecule has 1 aromatic heterocycles. The van der Waals surface area contributed by atoms with E-state index in [9.17, 15) is 14.4 Å². The zero-order valence-corrected chi connectivity index (χ0v) is 20.2. The number of aromatic nitrogens is 1. The zero-order chi connectivity index (χ0) is 24.3. The van der Waals surface area contributed by atoms with Crippen LogP contribution in [0.4, 0.5) is 9.93 Å². The topological polar surface area (TPSA) is 88.6 Å². The average Bonchev–Trinajstić information content (AvgIpc) is 3.46. The molecule has 1 N–H and O–H groups in total. The maximum absolute atomic E-state index is 13.3. The van der Waals surface area contributed by atoms with Gasteiger partial charge in [0.15, 0.2) is 5.13 Å². The molecule has 3 aromatic rings. The van der Waals surface area contributed by atoms with Gasteiger partial charge in [0.1, 0.15) is 16.5 Å². The monoisotopic (exact) mass is 477 g/mol. The molecule has 4 rings (SSSR count). The first-order chi connectivity index (χ1) is 16.2. The Hall–Kier alpha value is -3.52. The van der Waals surface area contributed by atoms with E-state index >= 15 is 0 Å². The third-order valence-corrected chi connectivity index (χ3v) is 6.30. The van der Waals surface area contributed by atoms with Crippen LogP contribution in [0.5, 0.6) is 0 Å². The van der Waals surface area contributed by atoms with Crippen molar-refractivity contribution >= 4 is 34.3 Å². The van der Waals surface area contributed by atoms with Crippen LogP contribution in [-0.4, -0.2) is 45.9 Å². The summed E-state index contributed by atoms with van der Waals surface area (Å²) in [7, 11) is 0. The summed E-state index contributed by atoms with van der Waals surface area (Å²) in [5, 5.41) is 3.15. The highest BCUT2D eigenvalue weighted by atomic mass is 32.1. The van der Waals surface area contributed by atoms with Crippen molar-refractivity contribution in [2.24, 2.45) is 0 Å². The van der Waals surface area contributed by atoms with E-state index in [-0.39, 0.29) is 11.7 Å². The standard InChI is InChI=1S/C26H27N3O4S/c1-26(2,3)33-25(32)29-16-10-15-19(29)23(31)28-24-27-20(17-11-6-4-7-12-17)22(34-24)21(30)18-13-8-5-9-14-18/h4-9,11-14,19H,10,15-16H2,1-3H3,(H,27,28,31). The molecule has 0 bridgehead atoms. The molecule has 1 saturated heterocycles. The van der Waals surface area contributed by atoms with Gasteiger partial charge in [-0.2, -0.15) is 0 Å². The summed E-state index contributed by atoms with van der Waals surface area (Å²) >= 11 is 1.14. The van der Waals surface area contributed by atoms with Gasteiger partial charge in [-0.3, -0.25) is 14.5 Å². The summed E-state index contributed by atoms with van der Waals surface area (Å²) in [5.74, 6) is -0.496. The minimum absolute atomic E-state index is 0.159. The number of likely N-dealkylation sites (tertiary alicyclic amines) is 1. The quantitative estimate of drug-likeness (QED) is 0.499. The van der Waals surface area contributed by atoms with Crippen LogP contribution in [-0.2, 0) is 9.53 Å². The fraction of sp³-hybridized carbons (Fsp3) is 0.308. The first kappa shape index (κ1) is 23.6. The van der Waals surface area contributed by atoms with Gasteiger partial charge in [0.05, 0.1) is 5.69 Å². The van der Waals surface area contributed by atoms with Gasteiger partial charge in [-0.25, -0.2) is 9.78 Å². The molecule has 2 heterocycles.